The Balaban J connectivity index is 2.88. The van der Waals surface area contributed by atoms with Crippen molar-refractivity contribution < 1.29 is 4.79 Å². The lowest BCUT2D eigenvalue weighted by molar-refractivity contribution is -0.110. The van der Waals surface area contributed by atoms with Crippen molar-refractivity contribution in [3.05, 3.63) is 0 Å². The van der Waals surface area contributed by atoms with E-state index in [2.05, 4.69) is 20.8 Å². The highest BCUT2D eigenvalue weighted by atomic mass is 28.3. The minimum Gasteiger partial charge on any atom is -0.303 e. The van der Waals surface area contributed by atoms with E-state index >= 15 is 0 Å². The second kappa shape index (κ2) is 9.76. The van der Waals surface area contributed by atoms with Crippen molar-refractivity contribution in [2.24, 2.45) is 5.92 Å². The molecule has 0 bridgehead atoms. The number of carbonyl (C=O) groups is 1. The van der Waals surface area contributed by atoms with Gasteiger partial charge in [-0.2, -0.15) is 0 Å². The van der Waals surface area contributed by atoms with Gasteiger partial charge in [0.05, 0.1) is 8.07 Å². The predicted molar refractivity (Wildman–Crippen MR) is 92.1 cm³/mol. The number of rotatable bonds is 11. The zero-order valence-corrected chi connectivity index (χ0v) is 15.1. The highest BCUT2D eigenvalue weighted by Crippen LogP contribution is 2.49. The molecule has 118 valence electrons. The number of unbranched alkanes of at least 4 members (excludes halogenated alkanes) is 3. The van der Waals surface area contributed by atoms with Gasteiger partial charge in [0.15, 0.2) is 0 Å². The fourth-order valence-corrected chi connectivity index (χ4v) is 11.4. The maximum absolute atomic E-state index is 11.5. The molecular formula is C18H36OSi. The summed E-state index contributed by atoms with van der Waals surface area (Å²) in [5.41, 5.74) is 0.824. The number of carbonyl (C=O) groups excluding carboxylic acids is 1. The van der Waals surface area contributed by atoms with Crippen LogP contribution in [0.2, 0.25) is 23.7 Å². The second-order valence-corrected chi connectivity index (χ2v) is 12.0. The van der Waals surface area contributed by atoms with Crippen LogP contribution < -0.4 is 0 Å². The first-order valence-corrected chi connectivity index (χ1v) is 11.9. The summed E-state index contributed by atoms with van der Waals surface area (Å²) < 4.78 is 0. The third kappa shape index (κ3) is 4.72. The molecule has 1 rings (SSSR count). The smallest absolute Gasteiger partial charge is 0.123 e. The maximum atomic E-state index is 11.5. The first-order chi connectivity index (χ1) is 9.74. The van der Waals surface area contributed by atoms with E-state index in [1.807, 2.05) is 0 Å². The standard InChI is InChI=1S/C18H36OSi/c1-4-7-13-20(14-8-5-2,15-9-6-3)18-12-10-11-17(18)16-19/h16-18H,4-15H2,1-3H3. The monoisotopic (exact) mass is 296 g/mol. The van der Waals surface area contributed by atoms with Crippen molar-refractivity contribution in [2.45, 2.75) is 102 Å². The van der Waals surface area contributed by atoms with Crippen LogP contribution in [-0.4, -0.2) is 14.4 Å². The Labute approximate surface area is 127 Å². The molecule has 0 saturated heterocycles. The molecule has 0 aromatic carbocycles. The lowest BCUT2D eigenvalue weighted by Crippen LogP contribution is -2.41. The normalized spacial score (nSPS) is 23.1. The quantitative estimate of drug-likeness (QED) is 0.327. The minimum atomic E-state index is -1.24. The topological polar surface area (TPSA) is 17.1 Å². The SMILES string of the molecule is CCCC[Si](CCCC)(CCCC)C1CCCC1C=O. The zero-order valence-electron chi connectivity index (χ0n) is 14.1. The maximum Gasteiger partial charge on any atom is 0.123 e. The highest BCUT2D eigenvalue weighted by Gasteiger charge is 2.44. The van der Waals surface area contributed by atoms with Crippen LogP contribution in [0.5, 0.6) is 0 Å². The van der Waals surface area contributed by atoms with Crippen LogP contribution in [-0.2, 0) is 4.79 Å². The summed E-state index contributed by atoms with van der Waals surface area (Å²) in [7, 11) is -1.24. The van der Waals surface area contributed by atoms with Crippen LogP contribution in [0.4, 0.5) is 0 Å². The van der Waals surface area contributed by atoms with Crippen molar-refractivity contribution in [1.82, 2.24) is 0 Å². The molecule has 0 aromatic heterocycles. The Hall–Kier alpha value is -0.113. The molecule has 0 radical (unpaired) electrons. The Morgan fingerprint density at radius 3 is 1.80 bits per heavy atom. The minimum absolute atomic E-state index is 0.423. The van der Waals surface area contributed by atoms with Gasteiger partial charge < -0.3 is 4.79 Å². The first kappa shape index (κ1) is 17.9. The molecule has 1 nitrogen and oxygen atoms in total. The van der Waals surface area contributed by atoms with Crippen LogP contribution in [0.25, 0.3) is 0 Å². The van der Waals surface area contributed by atoms with E-state index in [0.29, 0.717) is 5.92 Å². The third-order valence-electron chi connectivity index (χ3n) is 5.62. The molecule has 1 saturated carbocycles. The molecule has 0 N–H and O–H groups in total. The molecule has 20 heavy (non-hydrogen) atoms. The molecule has 1 fully saturated rings. The summed E-state index contributed by atoms with van der Waals surface area (Å²) >= 11 is 0. The predicted octanol–water partition coefficient (Wildman–Crippen LogP) is 6.20. The van der Waals surface area contributed by atoms with Crippen LogP contribution in [0.3, 0.4) is 0 Å². The third-order valence-corrected chi connectivity index (χ3v) is 12.0. The summed E-state index contributed by atoms with van der Waals surface area (Å²) in [4.78, 5) is 11.5. The van der Waals surface area contributed by atoms with Crippen LogP contribution in [0.1, 0.15) is 78.6 Å². The van der Waals surface area contributed by atoms with Gasteiger partial charge in [0.1, 0.15) is 6.29 Å². The Morgan fingerprint density at radius 1 is 0.900 bits per heavy atom. The highest BCUT2D eigenvalue weighted by molar-refractivity contribution is 6.81. The summed E-state index contributed by atoms with van der Waals surface area (Å²) in [6.07, 6.45) is 13.4. The van der Waals surface area contributed by atoms with Crippen molar-refractivity contribution in [2.75, 3.05) is 0 Å². The molecule has 2 heteroatoms. The van der Waals surface area contributed by atoms with E-state index in [-0.39, 0.29) is 0 Å². The van der Waals surface area contributed by atoms with E-state index in [9.17, 15) is 4.79 Å². The summed E-state index contributed by atoms with van der Waals surface area (Å²) in [6.45, 7) is 6.97. The number of hydrogen-bond acceptors (Lipinski definition) is 1. The van der Waals surface area contributed by atoms with Crippen molar-refractivity contribution in [3.63, 3.8) is 0 Å². The molecule has 2 atom stereocenters. The Kier molecular flexibility index (Phi) is 8.75. The van der Waals surface area contributed by atoms with Crippen LogP contribution in [0, 0.1) is 5.92 Å². The number of aldehydes is 1. The molecule has 1 aliphatic rings. The molecule has 0 heterocycles. The van der Waals surface area contributed by atoms with E-state index in [0.717, 1.165) is 5.54 Å². The molecule has 0 aliphatic heterocycles. The van der Waals surface area contributed by atoms with E-state index in [4.69, 9.17) is 0 Å². The van der Waals surface area contributed by atoms with E-state index in [1.165, 1.54) is 82.2 Å². The van der Waals surface area contributed by atoms with Gasteiger partial charge >= 0.3 is 0 Å². The van der Waals surface area contributed by atoms with Gasteiger partial charge in [-0.1, -0.05) is 90.3 Å². The lowest BCUT2D eigenvalue weighted by Gasteiger charge is -2.40. The van der Waals surface area contributed by atoms with Crippen molar-refractivity contribution in [3.8, 4) is 0 Å². The van der Waals surface area contributed by atoms with Gasteiger partial charge in [0.25, 0.3) is 0 Å². The van der Waals surface area contributed by atoms with Crippen LogP contribution in [0.15, 0.2) is 0 Å². The fourth-order valence-electron chi connectivity index (χ4n) is 4.43. The summed E-state index contributed by atoms with van der Waals surface area (Å²) in [5, 5.41) is 0. The summed E-state index contributed by atoms with van der Waals surface area (Å²) in [5.74, 6) is 0.423. The zero-order chi connectivity index (χ0) is 14.8. The van der Waals surface area contributed by atoms with E-state index in [1.54, 1.807) is 0 Å². The molecule has 0 spiro atoms. The summed E-state index contributed by atoms with van der Waals surface area (Å²) in [6, 6.07) is 4.50. The van der Waals surface area contributed by atoms with Gasteiger partial charge in [-0.15, -0.1) is 0 Å². The van der Waals surface area contributed by atoms with Crippen LogP contribution >= 0.6 is 0 Å². The second-order valence-electron chi connectivity index (χ2n) is 7.01. The molecule has 2 unspecified atom stereocenters. The van der Waals surface area contributed by atoms with Crippen molar-refractivity contribution >= 4 is 14.4 Å². The average Bonchev–Trinajstić information content (AvgIpc) is 2.96. The Bertz CT molecular complexity index is 242. The van der Waals surface area contributed by atoms with Crippen molar-refractivity contribution in [1.29, 1.82) is 0 Å². The molecule has 1 aliphatic carbocycles. The first-order valence-electron chi connectivity index (χ1n) is 9.19. The largest absolute Gasteiger partial charge is 0.303 e. The van der Waals surface area contributed by atoms with Gasteiger partial charge in [-0.25, -0.2) is 0 Å². The van der Waals surface area contributed by atoms with Gasteiger partial charge in [0.2, 0.25) is 0 Å². The Morgan fingerprint density at radius 2 is 1.40 bits per heavy atom. The average molecular weight is 297 g/mol. The number of hydrogen-bond donors (Lipinski definition) is 0. The molecule has 0 aromatic rings. The molecule has 0 amide bonds. The van der Waals surface area contributed by atoms with E-state index < -0.39 is 8.07 Å². The lowest BCUT2D eigenvalue weighted by atomic mass is 10.1. The fraction of sp³-hybridized carbons (Fsp3) is 0.944. The van der Waals surface area contributed by atoms with Gasteiger partial charge in [-0.3, -0.25) is 0 Å². The van der Waals surface area contributed by atoms with Gasteiger partial charge in [-0.05, 0) is 12.0 Å². The molecular weight excluding hydrogens is 260 g/mol. The van der Waals surface area contributed by atoms with Gasteiger partial charge in [0, 0.05) is 5.92 Å².